The van der Waals surface area contributed by atoms with Gasteiger partial charge in [0.05, 0.1) is 0 Å². The first-order valence-electron chi connectivity index (χ1n) is 10.2. The van der Waals surface area contributed by atoms with Crippen molar-refractivity contribution in [3.63, 3.8) is 0 Å². The van der Waals surface area contributed by atoms with Crippen molar-refractivity contribution in [2.24, 2.45) is 13.0 Å². The standard InChI is InChI=1S/C19H32N4O3S/c1-15-20-18(14-22(15)2)27(25,26)23-12-10-16(11-13-23)19(24)21-17-8-6-4-3-5-7-9-17/h14,16-17H,3-13H2,1-2H3,(H,21,24). The molecule has 1 saturated heterocycles. The maximum absolute atomic E-state index is 12.8. The number of sulfonamides is 1. The Labute approximate surface area is 162 Å². The minimum absolute atomic E-state index is 0.0904. The summed E-state index contributed by atoms with van der Waals surface area (Å²) in [6.07, 6.45) is 11.0. The fourth-order valence-corrected chi connectivity index (χ4v) is 5.56. The third-order valence-corrected chi connectivity index (χ3v) is 7.74. The Bertz CT molecular complexity index is 724. The molecule has 0 bridgehead atoms. The summed E-state index contributed by atoms with van der Waals surface area (Å²) in [6, 6.07) is 0.288. The van der Waals surface area contributed by atoms with Crippen LogP contribution in [0.3, 0.4) is 0 Å². The van der Waals surface area contributed by atoms with Gasteiger partial charge in [-0.1, -0.05) is 32.1 Å². The fourth-order valence-electron chi connectivity index (χ4n) is 4.06. The molecule has 0 aromatic carbocycles. The summed E-state index contributed by atoms with van der Waals surface area (Å²) in [5, 5.41) is 3.33. The molecule has 1 aromatic rings. The maximum atomic E-state index is 12.8. The number of carbonyl (C=O) groups excluding carboxylic acids is 1. The van der Waals surface area contributed by atoms with Crippen molar-refractivity contribution in [1.29, 1.82) is 0 Å². The average Bonchev–Trinajstić information content (AvgIpc) is 2.97. The van der Waals surface area contributed by atoms with E-state index in [1.54, 1.807) is 24.7 Å². The second-order valence-electron chi connectivity index (χ2n) is 7.97. The van der Waals surface area contributed by atoms with Crippen LogP contribution in [-0.2, 0) is 21.9 Å². The second-order valence-corrected chi connectivity index (χ2v) is 9.85. The predicted octanol–water partition coefficient (Wildman–Crippen LogP) is 2.36. The fraction of sp³-hybridized carbons (Fsp3) is 0.789. The van der Waals surface area contributed by atoms with Crippen LogP contribution in [0.2, 0.25) is 0 Å². The third kappa shape index (κ3) is 4.90. The highest BCUT2D eigenvalue weighted by molar-refractivity contribution is 7.89. The van der Waals surface area contributed by atoms with E-state index in [0.29, 0.717) is 31.8 Å². The molecule has 1 saturated carbocycles. The summed E-state index contributed by atoms with van der Waals surface area (Å²) in [6.45, 7) is 2.53. The number of rotatable bonds is 4. The summed E-state index contributed by atoms with van der Waals surface area (Å²) in [5.41, 5.74) is 0. The molecule has 1 N–H and O–H groups in total. The molecule has 1 aliphatic heterocycles. The van der Waals surface area contributed by atoms with E-state index in [9.17, 15) is 13.2 Å². The lowest BCUT2D eigenvalue weighted by Gasteiger charge is -2.31. The van der Waals surface area contributed by atoms with Crippen molar-refractivity contribution < 1.29 is 13.2 Å². The lowest BCUT2D eigenvalue weighted by Crippen LogP contribution is -2.45. The highest BCUT2D eigenvalue weighted by Crippen LogP contribution is 2.24. The van der Waals surface area contributed by atoms with Crippen LogP contribution in [0, 0.1) is 12.8 Å². The molecule has 2 aliphatic rings. The normalized spacial score (nSPS) is 21.6. The Morgan fingerprint density at radius 2 is 1.67 bits per heavy atom. The lowest BCUT2D eigenvalue weighted by molar-refractivity contribution is -0.127. The van der Waals surface area contributed by atoms with Gasteiger partial charge in [-0.15, -0.1) is 0 Å². The molecule has 0 unspecified atom stereocenters. The van der Waals surface area contributed by atoms with E-state index in [1.807, 2.05) is 0 Å². The van der Waals surface area contributed by atoms with Gasteiger partial charge in [-0.05, 0) is 32.6 Å². The van der Waals surface area contributed by atoms with Crippen LogP contribution in [0.15, 0.2) is 11.2 Å². The molecular formula is C19H32N4O3S. The van der Waals surface area contributed by atoms with E-state index >= 15 is 0 Å². The molecular weight excluding hydrogens is 364 g/mol. The van der Waals surface area contributed by atoms with Crippen LogP contribution >= 0.6 is 0 Å². The molecule has 152 valence electrons. The van der Waals surface area contributed by atoms with Crippen molar-refractivity contribution in [2.45, 2.75) is 75.8 Å². The third-order valence-electron chi connectivity index (χ3n) is 5.97. The monoisotopic (exact) mass is 396 g/mol. The van der Waals surface area contributed by atoms with Gasteiger partial charge in [0.15, 0.2) is 5.03 Å². The summed E-state index contributed by atoms with van der Waals surface area (Å²) in [5.74, 6) is 0.681. The van der Waals surface area contributed by atoms with Gasteiger partial charge in [-0.3, -0.25) is 4.79 Å². The van der Waals surface area contributed by atoms with Crippen LogP contribution < -0.4 is 5.32 Å². The number of imidazole rings is 1. The number of hydrogen-bond donors (Lipinski definition) is 1. The van der Waals surface area contributed by atoms with Gasteiger partial charge < -0.3 is 9.88 Å². The molecule has 1 aromatic heterocycles. The smallest absolute Gasteiger partial charge is 0.262 e. The minimum atomic E-state index is -3.58. The van der Waals surface area contributed by atoms with E-state index < -0.39 is 10.0 Å². The quantitative estimate of drug-likeness (QED) is 0.847. The van der Waals surface area contributed by atoms with Crippen LogP contribution in [0.1, 0.15) is 63.6 Å². The van der Waals surface area contributed by atoms with E-state index in [2.05, 4.69) is 10.3 Å². The highest BCUT2D eigenvalue weighted by atomic mass is 32.2. The van der Waals surface area contributed by atoms with E-state index in [0.717, 1.165) is 12.8 Å². The second kappa shape index (κ2) is 8.73. The number of nitrogens with zero attached hydrogens (tertiary/aromatic N) is 3. The van der Waals surface area contributed by atoms with E-state index in [1.165, 1.54) is 36.4 Å². The number of amides is 1. The number of piperidine rings is 1. The molecule has 2 fully saturated rings. The molecule has 8 heteroatoms. The first-order valence-corrected chi connectivity index (χ1v) is 11.6. The molecule has 0 radical (unpaired) electrons. The number of carbonyl (C=O) groups is 1. The molecule has 0 atom stereocenters. The number of aryl methyl sites for hydroxylation is 2. The Morgan fingerprint density at radius 3 is 2.22 bits per heavy atom. The van der Waals surface area contributed by atoms with Gasteiger partial charge in [-0.25, -0.2) is 13.4 Å². The first-order chi connectivity index (χ1) is 12.9. The summed E-state index contributed by atoms with van der Waals surface area (Å²) in [7, 11) is -1.79. The average molecular weight is 397 g/mol. The van der Waals surface area contributed by atoms with Gasteiger partial charge in [0.1, 0.15) is 5.82 Å². The topological polar surface area (TPSA) is 84.3 Å². The van der Waals surface area contributed by atoms with Gasteiger partial charge in [-0.2, -0.15) is 4.31 Å². The van der Waals surface area contributed by atoms with Crippen molar-refractivity contribution in [1.82, 2.24) is 19.2 Å². The van der Waals surface area contributed by atoms with Crippen LogP contribution in [0.25, 0.3) is 0 Å². The van der Waals surface area contributed by atoms with Crippen LogP contribution in [-0.4, -0.2) is 47.3 Å². The highest BCUT2D eigenvalue weighted by Gasteiger charge is 2.34. The molecule has 1 amide bonds. The molecule has 7 nitrogen and oxygen atoms in total. The maximum Gasteiger partial charge on any atom is 0.262 e. The Kier molecular flexibility index (Phi) is 6.57. The van der Waals surface area contributed by atoms with Crippen LogP contribution in [0.5, 0.6) is 0 Å². The SMILES string of the molecule is Cc1nc(S(=O)(=O)N2CCC(C(=O)NC3CCCCCCC3)CC2)cn1C. The minimum Gasteiger partial charge on any atom is -0.353 e. The van der Waals surface area contributed by atoms with Crippen molar-refractivity contribution in [3.05, 3.63) is 12.0 Å². The lowest BCUT2D eigenvalue weighted by atomic mass is 9.94. The number of hydrogen-bond acceptors (Lipinski definition) is 4. The molecule has 0 spiro atoms. The van der Waals surface area contributed by atoms with E-state index in [4.69, 9.17) is 0 Å². The molecule has 3 rings (SSSR count). The zero-order valence-corrected chi connectivity index (χ0v) is 17.3. The zero-order chi connectivity index (χ0) is 19.4. The van der Waals surface area contributed by atoms with Crippen molar-refractivity contribution in [3.8, 4) is 0 Å². The molecule has 1 aliphatic carbocycles. The van der Waals surface area contributed by atoms with E-state index in [-0.39, 0.29) is 22.9 Å². The Balaban J connectivity index is 1.54. The van der Waals surface area contributed by atoms with Gasteiger partial charge in [0.25, 0.3) is 10.0 Å². The number of aromatic nitrogens is 2. The first kappa shape index (κ1) is 20.3. The molecule has 2 heterocycles. The zero-order valence-electron chi connectivity index (χ0n) is 16.5. The summed E-state index contributed by atoms with van der Waals surface area (Å²) in [4.78, 5) is 16.8. The predicted molar refractivity (Wildman–Crippen MR) is 104 cm³/mol. The Morgan fingerprint density at radius 1 is 1.07 bits per heavy atom. The molecule has 27 heavy (non-hydrogen) atoms. The van der Waals surface area contributed by atoms with Crippen LogP contribution in [0.4, 0.5) is 0 Å². The summed E-state index contributed by atoms with van der Waals surface area (Å²) < 4.78 is 28.7. The Hall–Kier alpha value is -1.41. The van der Waals surface area contributed by atoms with Gasteiger partial charge in [0.2, 0.25) is 5.91 Å². The van der Waals surface area contributed by atoms with Crippen molar-refractivity contribution >= 4 is 15.9 Å². The number of nitrogens with one attached hydrogen (secondary N) is 1. The van der Waals surface area contributed by atoms with Gasteiger partial charge >= 0.3 is 0 Å². The summed E-state index contributed by atoms with van der Waals surface area (Å²) >= 11 is 0. The van der Waals surface area contributed by atoms with Gasteiger partial charge in [0, 0.05) is 38.3 Å². The largest absolute Gasteiger partial charge is 0.353 e. The van der Waals surface area contributed by atoms with Crippen molar-refractivity contribution in [2.75, 3.05) is 13.1 Å².